The van der Waals surface area contributed by atoms with Crippen molar-refractivity contribution in [2.24, 2.45) is 17.3 Å². The van der Waals surface area contributed by atoms with Gasteiger partial charge in [0.05, 0.1) is 5.54 Å². The van der Waals surface area contributed by atoms with E-state index in [2.05, 4.69) is 27.7 Å². The van der Waals surface area contributed by atoms with E-state index in [9.17, 15) is 9.59 Å². The molecule has 5 heteroatoms. The lowest BCUT2D eigenvalue weighted by molar-refractivity contribution is -0.153. The smallest absolute Gasteiger partial charge is 0.412 e. The maximum absolute atomic E-state index is 12.7. The van der Waals surface area contributed by atoms with E-state index in [4.69, 9.17) is 9.47 Å². The van der Waals surface area contributed by atoms with E-state index in [1.54, 1.807) is 4.90 Å². The fourth-order valence-corrected chi connectivity index (χ4v) is 6.94. The van der Waals surface area contributed by atoms with Gasteiger partial charge in [0.25, 0.3) is 0 Å². The number of amides is 1. The maximum Gasteiger partial charge on any atom is 0.412 e. The predicted octanol–water partition coefficient (Wildman–Crippen LogP) is 9.03. The van der Waals surface area contributed by atoms with E-state index in [0.717, 1.165) is 12.8 Å². The lowest BCUT2D eigenvalue weighted by Crippen LogP contribution is -2.59. The van der Waals surface area contributed by atoms with Gasteiger partial charge in [-0.15, -0.1) is 0 Å². The molecule has 0 heterocycles. The number of unbranched alkanes of at least 4 members (excludes halogenated alkanes) is 14. The molecule has 2 rings (SSSR count). The second-order valence-electron chi connectivity index (χ2n) is 12.4. The minimum Gasteiger partial charge on any atom is -0.428 e. The van der Waals surface area contributed by atoms with Gasteiger partial charge in [0, 0.05) is 13.5 Å². The van der Waals surface area contributed by atoms with Crippen molar-refractivity contribution in [3.63, 3.8) is 0 Å². The first-order valence-electron chi connectivity index (χ1n) is 15.3. The van der Waals surface area contributed by atoms with Gasteiger partial charge in [-0.2, -0.15) is 0 Å². The Hall–Kier alpha value is -1.26. The first kappa shape index (κ1) is 31.0. The Labute approximate surface area is 222 Å². The highest BCUT2D eigenvalue weighted by atomic mass is 16.7. The summed E-state index contributed by atoms with van der Waals surface area (Å²) in [7, 11) is 1.84. The Morgan fingerprint density at radius 3 is 1.67 bits per heavy atom. The standard InChI is InChI=1S/C31H57NO4/c1-6-7-8-9-10-11-12-13-14-15-16-17-18-19-20-21-28(33)35-25-36-29(34)32(5)31(4)27-23-22-26(24-27)30(31,2)3/h26-27H,6-25H2,1-5H3. The van der Waals surface area contributed by atoms with E-state index < -0.39 is 6.09 Å². The van der Waals surface area contributed by atoms with Gasteiger partial charge in [-0.05, 0) is 49.9 Å². The molecule has 0 aromatic rings. The van der Waals surface area contributed by atoms with Gasteiger partial charge < -0.3 is 14.4 Å². The topological polar surface area (TPSA) is 55.8 Å². The van der Waals surface area contributed by atoms with Crippen LogP contribution in [0.15, 0.2) is 0 Å². The average molecular weight is 508 g/mol. The van der Waals surface area contributed by atoms with Crippen molar-refractivity contribution >= 4 is 12.1 Å². The van der Waals surface area contributed by atoms with Crippen molar-refractivity contribution in [3.8, 4) is 0 Å². The number of hydrogen-bond acceptors (Lipinski definition) is 4. The van der Waals surface area contributed by atoms with Crippen molar-refractivity contribution in [1.82, 2.24) is 4.90 Å². The minimum absolute atomic E-state index is 0.0634. The number of hydrogen-bond donors (Lipinski definition) is 0. The average Bonchev–Trinajstić information content (AvgIpc) is 3.42. The first-order chi connectivity index (χ1) is 17.2. The van der Waals surface area contributed by atoms with Crippen molar-refractivity contribution < 1.29 is 19.1 Å². The molecule has 2 aliphatic carbocycles. The molecule has 2 fully saturated rings. The zero-order chi connectivity index (χ0) is 26.4. The number of nitrogens with zero attached hydrogens (tertiary/aromatic N) is 1. The summed E-state index contributed by atoms with van der Waals surface area (Å²) in [5, 5.41) is 0. The second-order valence-corrected chi connectivity index (χ2v) is 12.4. The third kappa shape index (κ3) is 8.65. The molecule has 3 unspecified atom stereocenters. The minimum atomic E-state index is -0.391. The highest BCUT2D eigenvalue weighted by Gasteiger charge is 2.63. The number of esters is 1. The van der Waals surface area contributed by atoms with Crippen LogP contribution in [0.5, 0.6) is 0 Å². The number of fused-ring (bicyclic) bond motifs is 2. The molecule has 0 aromatic heterocycles. The van der Waals surface area contributed by atoms with Crippen LogP contribution in [0.1, 0.15) is 150 Å². The van der Waals surface area contributed by atoms with Crippen LogP contribution >= 0.6 is 0 Å². The van der Waals surface area contributed by atoms with Crippen LogP contribution in [0.4, 0.5) is 4.79 Å². The van der Waals surface area contributed by atoms with Crippen LogP contribution in [0.3, 0.4) is 0 Å². The maximum atomic E-state index is 12.7. The molecule has 1 amide bonds. The van der Waals surface area contributed by atoms with Crippen LogP contribution in [0, 0.1) is 17.3 Å². The van der Waals surface area contributed by atoms with E-state index in [1.165, 1.54) is 103 Å². The van der Waals surface area contributed by atoms with Gasteiger partial charge in [-0.3, -0.25) is 4.79 Å². The number of ether oxygens (including phenoxy) is 2. The Morgan fingerprint density at radius 1 is 0.722 bits per heavy atom. The summed E-state index contributed by atoms with van der Waals surface area (Å²) in [5.74, 6) is 0.907. The summed E-state index contributed by atoms with van der Waals surface area (Å²) >= 11 is 0. The predicted molar refractivity (Wildman–Crippen MR) is 148 cm³/mol. The van der Waals surface area contributed by atoms with E-state index in [1.807, 2.05) is 7.05 Å². The van der Waals surface area contributed by atoms with E-state index in [0.29, 0.717) is 18.3 Å². The molecule has 36 heavy (non-hydrogen) atoms. The molecular weight excluding hydrogens is 450 g/mol. The molecule has 0 aromatic carbocycles. The molecule has 2 bridgehead atoms. The summed E-state index contributed by atoms with van der Waals surface area (Å²) in [6, 6.07) is 0. The molecule has 0 saturated heterocycles. The Kier molecular flexibility index (Phi) is 13.6. The van der Waals surface area contributed by atoms with Gasteiger partial charge in [0.2, 0.25) is 6.79 Å². The van der Waals surface area contributed by atoms with E-state index >= 15 is 0 Å². The Bertz CT molecular complexity index is 648. The first-order valence-corrected chi connectivity index (χ1v) is 15.3. The van der Waals surface area contributed by atoms with Crippen molar-refractivity contribution in [3.05, 3.63) is 0 Å². The largest absolute Gasteiger partial charge is 0.428 e. The molecule has 210 valence electrons. The third-order valence-electron chi connectivity index (χ3n) is 9.91. The fourth-order valence-electron chi connectivity index (χ4n) is 6.94. The lowest BCUT2D eigenvalue weighted by Gasteiger charge is -2.52. The second kappa shape index (κ2) is 15.9. The normalized spacial score (nSPS) is 24.1. The molecule has 0 radical (unpaired) electrons. The summed E-state index contributed by atoms with van der Waals surface area (Å²) < 4.78 is 10.5. The number of carbonyl (C=O) groups excluding carboxylic acids is 2. The van der Waals surface area contributed by atoms with Gasteiger partial charge in [0.15, 0.2) is 0 Å². The summed E-state index contributed by atoms with van der Waals surface area (Å²) in [6.45, 7) is 8.73. The van der Waals surface area contributed by atoms with Crippen LogP contribution in [0.25, 0.3) is 0 Å². The number of rotatable bonds is 19. The fraction of sp³-hybridized carbons (Fsp3) is 0.935. The molecule has 0 spiro atoms. The zero-order valence-corrected chi connectivity index (χ0v) is 24.4. The lowest BCUT2D eigenvalue weighted by atomic mass is 9.63. The van der Waals surface area contributed by atoms with Crippen molar-refractivity contribution in [2.45, 2.75) is 155 Å². The van der Waals surface area contributed by atoms with Crippen LogP contribution in [0.2, 0.25) is 0 Å². The molecule has 5 nitrogen and oxygen atoms in total. The monoisotopic (exact) mass is 507 g/mol. The molecule has 2 aliphatic rings. The quantitative estimate of drug-likeness (QED) is 0.0994. The Balaban J connectivity index is 1.42. The summed E-state index contributed by atoms with van der Waals surface area (Å²) in [5.41, 5.74) is -0.154. The van der Waals surface area contributed by atoms with Crippen molar-refractivity contribution in [2.75, 3.05) is 13.8 Å². The molecule has 2 saturated carbocycles. The molecule has 3 atom stereocenters. The SMILES string of the molecule is CCCCCCCCCCCCCCCCCC(=O)OCOC(=O)N(C)C1(C)C2CCC(C2)C1(C)C. The van der Waals surface area contributed by atoms with Crippen LogP contribution < -0.4 is 0 Å². The Morgan fingerprint density at radius 2 is 1.19 bits per heavy atom. The zero-order valence-electron chi connectivity index (χ0n) is 24.4. The van der Waals surface area contributed by atoms with Gasteiger partial charge in [0.1, 0.15) is 0 Å². The molecule has 0 aliphatic heterocycles. The molecular formula is C31H57NO4. The highest BCUT2D eigenvalue weighted by molar-refractivity contribution is 5.70. The third-order valence-corrected chi connectivity index (χ3v) is 9.91. The van der Waals surface area contributed by atoms with Crippen molar-refractivity contribution in [1.29, 1.82) is 0 Å². The van der Waals surface area contributed by atoms with Crippen LogP contribution in [-0.4, -0.2) is 36.3 Å². The van der Waals surface area contributed by atoms with Gasteiger partial charge in [-0.1, -0.05) is 111 Å². The van der Waals surface area contributed by atoms with Gasteiger partial charge in [-0.25, -0.2) is 4.79 Å². The van der Waals surface area contributed by atoms with Crippen LogP contribution in [-0.2, 0) is 14.3 Å². The molecule has 0 N–H and O–H groups in total. The number of carbonyl (C=O) groups is 2. The highest BCUT2D eigenvalue weighted by Crippen LogP contribution is 2.63. The van der Waals surface area contributed by atoms with Gasteiger partial charge >= 0.3 is 12.1 Å². The van der Waals surface area contributed by atoms with E-state index in [-0.39, 0.29) is 23.7 Å². The summed E-state index contributed by atoms with van der Waals surface area (Å²) in [4.78, 5) is 26.5. The summed E-state index contributed by atoms with van der Waals surface area (Å²) in [6.07, 6.45) is 23.2.